The first-order valence-electron chi connectivity index (χ1n) is 5.78. The third-order valence-corrected chi connectivity index (χ3v) is 2.42. The molecule has 5 nitrogen and oxygen atoms in total. The van der Waals surface area contributed by atoms with E-state index in [0.717, 1.165) is 0 Å². The molecule has 0 aliphatic heterocycles. The van der Waals surface area contributed by atoms with Crippen LogP contribution in [-0.2, 0) is 9.59 Å². The molecule has 0 atom stereocenters. The highest BCUT2D eigenvalue weighted by Gasteiger charge is 2.09. The maximum atomic E-state index is 11.2. The van der Waals surface area contributed by atoms with Gasteiger partial charge in [-0.15, -0.1) is 0 Å². The molecule has 0 saturated carbocycles. The number of hydrogen-bond acceptors (Lipinski definition) is 4. The lowest BCUT2D eigenvalue weighted by Crippen LogP contribution is -2.06. The molecule has 102 valence electrons. The molecule has 19 heavy (non-hydrogen) atoms. The molecule has 1 aromatic rings. The van der Waals surface area contributed by atoms with Gasteiger partial charge in [0.15, 0.2) is 11.5 Å². The predicted molar refractivity (Wildman–Crippen MR) is 70.2 cm³/mol. The summed E-state index contributed by atoms with van der Waals surface area (Å²) in [5.41, 5.74) is 0.869. The molecular weight excluding hydrogens is 248 g/mol. The molecule has 1 N–H and O–H groups in total. The molecule has 0 unspecified atom stereocenters. The van der Waals surface area contributed by atoms with Crippen LogP contribution in [0.1, 0.15) is 25.8 Å². The van der Waals surface area contributed by atoms with E-state index in [1.807, 2.05) is 0 Å². The van der Waals surface area contributed by atoms with Gasteiger partial charge in [0.1, 0.15) is 0 Å². The van der Waals surface area contributed by atoms with E-state index in [4.69, 9.17) is 14.6 Å². The van der Waals surface area contributed by atoms with Crippen LogP contribution in [0.2, 0.25) is 0 Å². The van der Waals surface area contributed by atoms with Crippen LogP contribution in [0.25, 0.3) is 6.08 Å². The number of carboxylic acids is 1. The molecule has 0 aromatic heterocycles. The summed E-state index contributed by atoms with van der Waals surface area (Å²) in [6.45, 7) is 3.20. The van der Waals surface area contributed by atoms with Crippen molar-refractivity contribution in [2.24, 2.45) is 0 Å². The number of aliphatic carboxylic acids is 1. The van der Waals surface area contributed by atoms with E-state index < -0.39 is 5.97 Å². The van der Waals surface area contributed by atoms with Gasteiger partial charge in [-0.1, -0.05) is 13.0 Å². The molecular formula is C14H16O5. The van der Waals surface area contributed by atoms with Crippen molar-refractivity contribution in [1.29, 1.82) is 0 Å². The quantitative estimate of drug-likeness (QED) is 0.502. The average molecular weight is 264 g/mol. The van der Waals surface area contributed by atoms with Gasteiger partial charge in [-0.25, -0.2) is 4.79 Å². The van der Waals surface area contributed by atoms with E-state index in [-0.39, 0.29) is 18.0 Å². The van der Waals surface area contributed by atoms with Crippen LogP contribution < -0.4 is 9.47 Å². The van der Waals surface area contributed by atoms with Crippen LogP contribution in [0.5, 0.6) is 11.5 Å². The van der Waals surface area contributed by atoms with E-state index >= 15 is 0 Å². The average Bonchev–Trinajstić information content (AvgIpc) is 2.39. The zero-order valence-electron chi connectivity index (χ0n) is 11.1. The van der Waals surface area contributed by atoms with Crippen LogP contribution in [0.15, 0.2) is 23.8 Å². The monoisotopic (exact) mass is 264 g/mol. The zero-order valence-corrected chi connectivity index (χ0v) is 11.1. The van der Waals surface area contributed by atoms with Gasteiger partial charge in [0.25, 0.3) is 0 Å². The zero-order chi connectivity index (χ0) is 14.4. The largest absolute Gasteiger partial charge is 0.493 e. The lowest BCUT2D eigenvalue weighted by molar-refractivity contribution is -0.134. The van der Waals surface area contributed by atoms with Crippen LogP contribution in [0, 0.1) is 0 Å². The number of methoxy groups -OCH3 is 1. The Morgan fingerprint density at radius 2 is 2.00 bits per heavy atom. The van der Waals surface area contributed by atoms with E-state index in [9.17, 15) is 9.59 Å². The van der Waals surface area contributed by atoms with Gasteiger partial charge in [-0.2, -0.15) is 0 Å². The van der Waals surface area contributed by atoms with Crippen molar-refractivity contribution in [1.82, 2.24) is 0 Å². The number of carbonyl (C=O) groups excluding carboxylic acids is 1. The topological polar surface area (TPSA) is 72.8 Å². The maximum absolute atomic E-state index is 11.2. The first-order chi connectivity index (χ1) is 8.97. The Bertz CT molecular complexity index is 517. The van der Waals surface area contributed by atoms with Gasteiger partial charge < -0.3 is 14.6 Å². The molecule has 0 spiro atoms. The van der Waals surface area contributed by atoms with Crippen LogP contribution >= 0.6 is 0 Å². The normalized spacial score (nSPS) is 11.0. The number of esters is 1. The molecule has 0 aliphatic rings. The Morgan fingerprint density at radius 3 is 2.53 bits per heavy atom. The molecule has 5 heteroatoms. The third kappa shape index (κ3) is 4.13. The number of rotatable bonds is 5. The Labute approximate surface area is 111 Å². The predicted octanol–water partition coefficient (Wildman–Crippen LogP) is 2.50. The highest BCUT2D eigenvalue weighted by atomic mass is 16.6. The minimum Gasteiger partial charge on any atom is -0.493 e. The van der Waals surface area contributed by atoms with Crippen LogP contribution in [0.4, 0.5) is 0 Å². The van der Waals surface area contributed by atoms with Crippen LogP contribution in [-0.4, -0.2) is 24.2 Å². The fourth-order valence-corrected chi connectivity index (χ4v) is 1.36. The maximum Gasteiger partial charge on any atom is 0.331 e. The summed E-state index contributed by atoms with van der Waals surface area (Å²) >= 11 is 0. The Hall–Kier alpha value is -2.30. The van der Waals surface area contributed by atoms with Gasteiger partial charge in [-0.3, -0.25) is 4.79 Å². The number of carbonyl (C=O) groups is 2. The van der Waals surface area contributed by atoms with E-state index in [1.54, 1.807) is 25.1 Å². The van der Waals surface area contributed by atoms with Crippen molar-refractivity contribution >= 4 is 18.0 Å². The number of ether oxygens (including phenoxy) is 2. The van der Waals surface area contributed by atoms with Crippen molar-refractivity contribution in [3.05, 3.63) is 29.3 Å². The molecule has 0 amide bonds. The van der Waals surface area contributed by atoms with Crippen LogP contribution in [0.3, 0.4) is 0 Å². The summed E-state index contributed by atoms with van der Waals surface area (Å²) in [7, 11) is 1.45. The lowest BCUT2D eigenvalue weighted by Gasteiger charge is -2.09. The molecule has 0 fully saturated rings. The summed E-state index contributed by atoms with van der Waals surface area (Å²) in [5.74, 6) is -0.642. The third-order valence-electron chi connectivity index (χ3n) is 2.42. The molecule has 0 heterocycles. The van der Waals surface area contributed by atoms with Crippen molar-refractivity contribution in [2.75, 3.05) is 7.11 Å². The van der Waals surface area contributed by atoms with Crippen molar-refractivity contribution in [3.8, 4) is 11.5 Å². The number of hydrogen-bond donors (Lipinski definition) is 1. The second kappa shape index (κ2) is 6.58. The van der Waals surface area contributed by atoms with E-state index in [1.165, 1.54) is 20.1 Å². The Balaban J connectivity index is 3.05. The molecule has 1 aromatic carbocycles. The SMILES string of the molecule is CCC(=O)Oc1ccc(/C=C(\C)C(=O)O)cc1OC. The first kappa shape index (κ1) is 14.8. The fourth-order valence-electron chi connectivity index (χ4n) is 1.36. The highest BCUT2D eigenvalue weighted by Crippen LogP contribution is 2.29. The fraction of sp³-hybridized carbons (Fsp3) is 0.286. The summed E-state index contributed by atoms with van der Waals surface area (Å²) in [6.07, 6.45) is 1.78. The highest BCUT2D eigenvalue weighted by molar-refractivity contribution is 5.91. The van der Waals surface area contributed by atoms with Gasteiger partial charge in [-0.05, 0) is 30.7 Å². The molecule has 0 radical (unpaired) electrons. The number of carboxylic acid groups (broad SMARTS) is 1. The standard InChI is InChI=1S/C14H16O5/c1-4-13(15)19-11-6-5-10(8-12(11)18-3)7-9(2)14(16)17/h5-8H,4H2,1-3H3,(H,16,17)/b9-7+. The summed E-state index contributed by atoms with van der Waals surface area (Å²) in [6, 6.07) is 4.85. The second-order valence-electron chi connectivity index (χ2n) is 3.87. The van der Waals surface area contributed by atoms with Gasteiger partial charge in [0.2, 0.25) is 0 Å². The number of benzene rings is 1. The lowest BCUT2D eigenvalue weighted by atomic mass is 10.1. The van der Waals surface area contributed by atoms with Gasteiger partial charge in [0.05, 0.1) is 7.11 Å². The Morgan fingerprint density at radius 1 is 1.32 bits per heavy atom. The molecule has 0 saturated heterocycles. The van der Waals surface area contributed by atoms with Gasteiger partial charge in [0, 0.05) is 12.0 Å². The molecule has 0 aliphatic carbocycles. The minimum atomic E-state index is -0.986. The minimum absolute atomic E-state index is 0.209. The summed E-state index contributed by atoms with van der Waals surface area (Å²) in [5, 5.41) is 8.81. The van der Waals surface area contributed by atoms with E-state index in [0.29, 0.717) is 17.1 Å². The van der Waals surface area contributed by atoms with Crippen molar-refractivity contribution < 1.29 is 24.2 Å². The van der Waals surface area contributed by atoms with E-state index in [2.05, 4.69) is 0 Å². The van der Waals surface area contributed by atoms with Gasteiger partial charge >= 0.3 is 11.9 Å². The van der Waals surface area contributed by atoms with Crippen molar-refractivity contribution in [2.45, 2.75) is 20.3 Å². The second-order valence-corrected chi connectivity index (χ2v) is 3.87. The molecule has 0 bridgehead atoms. The first-order valence-corrected chi connectivity index (χ1v) is 5.78. The summed E-state index contributed by atoms with van der Waals surface area (Å²) < 4.78 is 10.2. The van der Waals surface area contributed by atoms with Crippen molar-refractivity contribution in [3.63, 3.8) is 0 Å². The Kier molecular flexibility index (Phi) is 5.11. The summed E-state index contributed by atoms with van der Waals surface area (Å²) in [4.78, 5) is 22.0. The smallest absolute Gasteiger partial charge is 0.331 e. The molecule has 1 rings (SSSR count).